The van der Waals surface area contributed by atoms with Crippen LogP contribution in [0.25, 0.3) is 0 Å². The van der Waals surface area contributed by atoms with Gasteiger partial charge in [0, 0.05) is 23.1 Å². The van der Waals surface area contributed by atoms with Crippen LogP contribution in [0.3, 0.4) is 0 Å². The van der Waals surface area contributed by atoms with Crippen molar-refractivity contribution >= 4 is 15.9 Å². The monoisotopic (exact) mass is 308 g/mol. The maximum Gasteiger partial charge on any atom is 0.0326 e. The zero-order valence-corrected chi connectivity index (χ0v) is 12.5. The molecule has 2 nitrogen and oxygen atoms in total. The molecule has 0 aromatic heterocycles. The van der Waals surface area contributed by atoms with Gasteiger partial charge in [-0.15, -0.1) is 0 Å². The van der Waals surface area contributed by atoms with Crippen molar-refractivity contribution in [1.29, 1.82) is 0 Å². The predicted octanol–water partition coefficient (Wildman–Crippen LogP) is 3.12. The average Bonchev–Trinajstić information content (AvgIpc) is 2.93. The zero-order chi connectivity index (χ0) is 12.5. The van der Waals surface area contributed by atoms with Crippen molar-refractivity contribution in [3.8, 4) is 0 Å². The van der Waals surface area contributed by atoms with Crippen molar-refractivity contribution < 1.29 is 0 Å². The number of halogens is 1. The van der Waals surface area contributed by atoms with Crippen molar-refractivity contribution in [2.24, 2.45) is 0 Å². The molecule has 1 aliphatic carbocycles. The number of nitrogens with zero attached hydrogens (tertiary/aromatic N) is 1. The maximum atomic E-state index is 3.77. The largest absolute Gasteiger partial charge is 0.308 e. The summed E-state index contributed by atoms with van der Waals surface area (Å²) in [5.74, 6) is 0. The van der Waals surface area contributed by atoms with E-state index in [-0.39, 0.29) is 0 Å². The van der Waals surface area contributed by atoms with Crippen LogP contribution in [-0.4, -0.2) is 31.1 Å². The number of aryl methyl sites for hydroxylation is 1. The van der Waals surface area contributed by atoms with Crippen molar-refractivity contribution in [3.05, 3.63) is 33.8 Å². The summed E-state index contributed by atoms with van der Waals surface area (Å²) in [5.41, 5.74) is 3.03. The van der Waals surface area contributed by atoms with Gasteiger partial charge in [0.25, 0.3) is 0 Å². The topological polar surface area (TPSA) is 15.3 Å². The molecule has 0 bridgehead atoms. The Bertz CT molecular complexity index is 433. The molecule has 0 saturated carbocycles. The van der Waals surface area contributed by atoms with Gasteiger partial charge in [-0.3, -0.25) is 0 Å². The lowest BCUT2D eigenvalue weighted by molar-refractivity contribution is 0.291. The fraction of sp³-hybridized carbons (Fsp3) is 0.600. The van der Waals surface area contributed by atoms with E-state index in [4.69, 9.17) is 0 Å². The van der Waals surface area contributed by atoms with E-state index in [1.165, 1.54) is 47.8 Å². The zero-order valence-electron chi connectivity index (χ0n) is 11.0. The van der Waals surface area contributed by atoms with Crippen LogP contribution in [0.2, 0.25) is 0 Å². The van der Waals surface area contributed by atoms with Gasteiger partial charge in [0.05, 0.1) is 0 Å². The lowest BCUT2D eigenvalue weighted by Gasteiger charge is -2.22. The maximum absolute atomic E-state index is 3.77. The van der Waals surface area contributed by atoms with E-state index >= 15 is 0 Å². The highest BCUT2D eigenvalue weighted by atomic mass is 79.9. The van der Waals surface area contributed by atoms with Crippen LogP contribution >= 0.6 is 15.9 Å². The van der Waals surface area contributed by atoms with Crippen LogP contribution in [0.15, 0.2) is 22.7 Å². The summed E-state index contributed by atoms with van der Waals surface area (Å²) in [4.78, 5) is 2.49. The Balaban J connectivity index is 1.62. The minimum Gasteiger partial charge on any atom is -0.308 e. The molecule has 3 heteroatoms. The van der Waals surface area contributed by atoms with E-state index in [0.29, 0.717) is 6.04 Å². The van der Waals surface area contributed by atoms with E-state index in [9.17, 15) is 0 Å². The van der Waals surface area contributed by atoms with Gasteiger partial charge in [-0.2, -0.15) is 0 Å². The molecule has 2 aliphatic rings. The van der Waals surface area contributed by atoms with Crippen LogP contribution in [-0.2, 0) is 6.42 Å². The van der Waals surface area contributed by atoms with Crippen LogP contribution in [0.1, 0.15) is 36.4 Å². The molecular weight excluding hydrogens is 288 g/mol. The van der Waals surface area contributed by atoms with Crippen LogP contribution in [0, 0.1) is 0 Å². The minimum absolute atomic E-state index is 0.571. The lowest BCUT2D eigenvalue weighted by atomic mass is 10.1. The SMILES string of the molecule is CN1CCCC1CNC1CCc2cc(Br)ccc21. The summed E-state index contributed by atoms with van der Waals surface area (Å²) in [5, 5.41) is 3.77. The minimum atomic E-state index is 0.571. The molecule has 0 radical (unpaired) electrons. The van der Waals surface area contributed by atoms with Gasteiger partial charge in [0.2, 0.25) is 0 Å². The second kappa shape index (κ2) is 5.32. The molecule has 0 spiro atoms. The Morgan fingerprint density at radius 1 is 1.39 bits per heavy atom. The van der Waals surface area contributed by atoms with Crippen LogP contribution in [0.4, 0.5) is 0 Å². The van der Waals surface area contributed by atoms with Crippen LogP contribution < -0.4 is 5.32 Å². The summed E-state index contributed by atoms with van der Waals surface area (Å²) in [6.07, 6.45) is 5.18. The Morgan fingerprint density at radius 3 is 3.06 bits per heavy atom. The number of likely N-dealkylation sites (tertiary alicyclic amines) is 1. The second-order valence-corrected chi connectivity index (χ2v) is 6.53. The quantitative estimate of drug-likeness (QED) is 0.923. The average molecular weight is 309 g/mol. The van der Waals surface area contributed by atoms with Gasteiger partial charge in [-0.1, -0.05) is 22.0 Å². The molecule has 1 heterocycles. The number of nitrogens with one attached hydrogen (secondary N) is 1. The molecule has 1 N–H and O–H groups in total. The number of hydrogen-bond donors (Lipinski definition) is 1. The molecule has 3 rings (SSSR count). The summed E-state index contributed by atoms with van der Waals surface area (Å²) in [7, 11) is 2.25. The molecule has 1 aromatic carbocycles. The molecule has 98 valence electrons. The van der Waals surface area contributed by atoms with Crippen molar-refractivity contribution in [2.45, 2.75) is 37.8 Å². The van der Waals surface area contributed by atoms with Crippen LogP contribution in [0.5, 0.6) is 0 Å². The number of fused-ring (bicyclic) bond motifs is 1. The third-order valence-corrected chi connectivity index (χ3v) is 4.95. The normalized spacial score (nSPS) is 27.7. The van der Waals surface area contributed by atoms with Crippen molar-refractivity contribution in [2.75, 3.05) is 20.1 Å². The summed E-state index contributed by atoms with van der Waals surface area (Å²) < 4.78 is 1.21. The molecule has 1 saturated heterocycles. The van der Waals surface area contributed by atoms with E-state index in [2.05, 4.69) is 51.4 Å². The van der Waals surface area contributed by atoms with Gasteiger partial charge in [0.15, 0.2) is 0 Å². The first-order chi connectivity index (χ1) is 8.74. The highest BCUT2D eigenvalue weighted by Gasteiger charge is 2.25. The highest BCUT2D eigenvalue weighted by Crippen LogP contribution is 2.33. The summed E-state index contributed by atoms with van der Waals surface area (Å²) in [6.45, 7) is 2.40. The van der Waals surface area contributed by atoms with E-state index in [1.807, 2.05) is 0 Å². The number of likely N-dealkylation sites (N-methyl/N-ethyl adjacent to an activating group) is 1. The standard InChI is InChI=1S/C15H21BrN2/c1-18-8-2-3-13(18)10-17-15-7-4-11-9-12(16)5-6-14(11)15/h5-6,9,13,15,17H,2-4,7-8,10H2,1H3. The Hall–Kier alpha value is -0.380. The molecule has 18 heavy (non-hydrogen) atoms. The lowest BCUT2D eigenvalue weighted by Crippen LogP contribution is -2.36. The summed E-state index contributed by atoms with van der Waals surface area (Å²) in [6, 6.07) is 8.04. The molecule has 0 amide bonds. The van der Waals surface area contributed by atoms with Crippen molar-refractivity contribution in [3.63, 3.8) is 0 Å². The van der Waals surface area contributed by atoms with E-state index in [1.54, 1.807) is 0 Å². The highest BCUT2D eigenvalue weighted by molar-refractivity contribution is 9.10. The van der Waals surface area contributed by atoms with E-state index in [0.717, 1.165) is 12.6 Å². The van der Waals surface area contributed by atoms with Gasteiger partial charge in [0.1, 0.15) is 0 Å². The summed E-state index contributed by atoms with van der Waals surface area (Å²) >= 11 is 3.56. The molecule has 2 unspecified atom stereocenters. The number of rotatable bonds is 3. The van der Waals surface area contributed by atoms with E-state index < -0.39 is 0 Å². The van der Waals surface area contributed by atoms with Gasteiger partial charge >= 0.3 is 0 Å². The number of benzene rings is 1. The molecule has 2 atom stereocenters. The van der Waals surface area contributed by atoms with Crippen molar-refractivity contribution in [1.82, 2.24) is 10.2 Å². The fourth-order valence-electron chi connectivity index (χ4n) is 3.31. The smallest absolute Gasteiger partial charge is 0.0326 e. The second-order valence-electron chi connectivity index (χ2n) is 5.62. The molecule has 1 fully saturated rings. The van der Waals surface area contributed by atoms with Gasteiger partial charge < -0.3 is 10.2 Å². The Labute approximate surface area is 118 Å². The molecule has 1 aliphatic heterocycles. The number of hydrogen-bond acceptors (Lipinski definition) is 2. The third-order valence-electron chi connectivity index (χ3n) is 4.45. The Morgan fingerprint density at radius 2 is 2.28 bits per heavy atom. The molecular formula is C15H21BrN2. The fourth-order valence-corrected chi connectivity index (χ4v) is 3.72. The first kappa shape index (κ1) is 12.6. The van der Waals surface area contributed by atoms with Gasteiger partial charge in [-0.25, -0.2) is 0 Å². The predicted molar refractivity (Wildman–Crippen MR) is 78.9 cm³/mol. The Kier molecular flexibility index (Phi) is 3.73. The van der Waals surface area contributed by atoms with Gasteiger partial charge in [-0.05, 0) is 62.5 Å². The molecule has 1 aromatic rings. The first-order valence-corrected chi connectivity index (χ1v) is 7.75. The third kappa shape index (κ3) is 2.49. The first-order valence-electron chi connectivity index (χ1n) is 6.96.